The lowest BCUT2D eigenvalue weighted by Crippen LogP contribution is -1.97. The average molecular weight is 266 g/mol. The Balaban J connectivity index is 2.18. The van der Waals surface area contributed by atoms with Crippen molar-refractivity contribution in [1.29, 1.82) is 0 Å². The minimum Gasteiger partial charge on any atom is -0.325 e. The van der Waals surface area contributed by atoms with Crippen molar-refractivity contribution in [2.45, 2.75) is 27.3 Å². The second kappa shape index (κ2) is 4.72. The Morgan fingerprint density at radius 3 is 2.55 bits per heavy atom. The Morgan fingerprint density at radius 1 is 1.05 bits per heavy atom. The monoisotopic (exact) mass is 266 g/mol. The molecule has 0 saturated carbocycles. The number of hydrogen-bond donors (Lipinski definition) is 1. The predicted octanol–water partition coefficient (Wildman–Crippen LogP) is 2.78. The highest BCUT2D eigenvalue weighted by atomic mass is 15.1. The van der Waals surface area contributed by atoms with E-state index in [4.69, 9.17) is 5.73 Å². The van der Waals surface area contributed by atoms with E-state index in [1.807, 2.05) is 23.6 Å². The molecule has 0 bridgehead atoms. The van der Waals surface area contributed by atoms with Crippen LogP contribution in [-0.2, 0) is 6.54 Å². The van der Waals surface area contributed by atoms with Crippen molar-refractivity contribution < 1.29 is 0 Å². The van der Waals surface area contributed by atoms with Crippen LogP contribution in [0.1, 0.15) is 22.6 Å². The molecule has 2 N–H and O–H groups in total. The normalized spacial score (nSPS) is 11.2. The number of hydrogen-bond acceptors (Lipinski definition) is 3. The predicted molar refractivity (Wildman–Crippen MR) is 80.5 cm³/mol. The summed E-state index contributed by atoms with van der Waals surface area (Å²) in [6, 6.07) is 8.41. The molecule has 102 valence electrons. The van der Waals surface area contributed by atoms with E-state index in [-0.39, 0.29) is 0 Å². The number of aromatic nitrogens is 3. The standard InChI is InChI=1S/C16H18N4/c1-10-4-5-13(6-11(10)2)15-7-16-19-14(8-17)9-20(16)12(3)18-15/h4-7,9H,8,17H2,1-3H3. The number of nitrogens with two attached hydrogens (primary N) is 1. The van der Waals surface area contributed by atoms with E-state index in [1.165, 1.54) is 11.1 Å². The Kier molecular flexibility index (Phi) is 3.03. The van der Waals surface area contributed by atoms with Crippen molar-refractivity contribution in [3.05, 3.63) is 53.1 Å². The lowest BCUT2D eigenvalue weighted by molar-refractivity contribution is 0.981. The molecule has 0 saturated heterocycles. The maximum atomic E-state index is 5.65. The van der Waals surface area contributed by atoms with E-state index >= 15 is 0 Å². The molecule has 0 aliphatic carbocycles. The molecule has 0 atom stereocenters. The average Bonchev–Trinajstić information content (AvgIpc) is 2.85. The lowest BCUT2D eigenvalue weighted by Gasteiger charge is -2.07. The summed E-state index contributed by atoms with van der Waals surface area (Å²) >= 11 is 0. The van der Waals surface area contributed by atoms with E-state index in [2.05, 4.69) is 42.0 Å². The first kappa shape index (κ1) is 12.8. The van der Waals surface area contributed by atoms with Gasteiger partial charge in [-0.3, -0.25) is 4.40 Å². The highest BCUT2D eigenvalue weighted by Gasteiger charge is 2.08. The second-order valence-corrected chi connectivity index (χ2v) is 5.15. The maximum absolute atomic E-state index is 5.65. The van der Waals surface area contributed by atoms with Crippen molar-refractivity contribution in [1.82, 2.24) is 14.4 Å². The zero-order valence-corrected chi connectivity index (χ0v) is 12.0. The van der Waals surface area contributed by atoms with Gasteiger partial charge in [-0.05, 0) is 38.0 Å². The minimum absolute atomic E-state index is 0.445. The molecule has 0 radical (unpaired) electrons. The number of benzene rings is 1. The van der Waals surface area contributed by atoms with Crippen LogP contribution in [0.15, 0.2) is 30.5 Å². The van der Waals surface area contributed by atoms with Crippen LogP contribution in [0.2, 0.25) is 0 Å². The van der Waals surface area contributed by atoms with E-state index in [0.29, 0.717) is 6.54 Å². The van der Waals surface area contributed by atoms with Gasteiger partial charge in [0.25, 0.3) is 0 Å². The van der Waals surface area contributed by atoms with Gasteiger partial charge in [-0.15, -0.1) is 0 Å². The third-order valence-electron chi connectivity index (χ3n) is 3.69. The van der Waals surface area contributed by atoms with Gasteiger partial charge < -0.3 is 5.73 Å². The SMILES string of the molecule is Cc1ccc(-c2cc3nc(CN)cn3c(C)n2)cc1C. The molecule has 0 spiro atoms. The molecule has 0 aliphatic heterocycles. The van der Waals surface area contributed by atoms with Crippen LogP contribution in [-0.4, -0.2) is 14.4 Å². The maximum Gasteiger partial charge on any atom is 0.140 e. The van der Waals surface area contributed by atoms with E-state index in [0.717, 1.165) is 28.4 Å². The molecule has 4 nitrogen and oxygen atoms in total. The van der Waals surface area contributed by atoms with Crippen LogP contribution in [0.5, 0.6) is 0 Å². The molecule has 2 aromatic heterocycles. The Bertz CT molecular complexity index is 787. The van der Waals surface area contributed by atoms with Crippen molar-refractivity contribution in [3.63, 3.8) is 0 Å². The van der Waals surface area contributed by atoms with Crippen molar-refractivity contribution in [2.24, 2.45) is 5.73 Å². The first-order valence-electron chi connectivity index (χ1n) is 6.72. The Labute approximate surface area is 118 Å². The third kappa shape index (κ3) is 2.08. The van der Waals surface area contributed by atoms with E-state index < -0.39 is 0 Å². The minimum atomic E-state index is 0.445. The van der Waals surface area contributed by atoms with Crippen LogP contribution in [0, 0.1) is 20.8 Å². The van der Waals surface area contributed by atoms with Crippen LogP contribution in [0.3, 0.4) is 0 Å². The molecule has 4 heteroatoms. The highest BCUT2D eigenvalue weighted by Crippen LogP contribution is 2.22. The van der Waals surface area contributed by atoms with Crippen LogP contribution < -0.4 is 5.73 Å². The van der Waals surface area contributed by atoms with Gasteiger partial charge in [-0.2, -0.15) is 0 Å². The van der Waals surface area contributed by atoms with Crippen LogP contribution in [0.4, 0.5) is 0 Å². The summed E-state index contributed by atoms with van der Waals surface area (Å²) in [4.78, 5) is 9.19. The highest BCUT2D eigenvalue weighted by molar-refractivity contribution is 5.65. The van der Waals surface area contributed by atoms with E-state index in [9.17, 15) is 0 Å². The molecule has 3 aromatic rings. The van der Waals surface area contributed by atoms with Crippen molar-refractivity contribution in [2.75, 3.05) is 0 Å². The quantitative estimate of drug-likeness (QED) is 0.776. The largest absolute Gasteiger partial charge is 0.325 e. The zero-order valence-electron chi connectivity index (χ0n) is 12.0. The van der Waals surface area contributed by atoms with Gasteiger partial charge >= 0.3 is 0 Å². The van der Waals surface area contributed by atoms with Gasteiger partial charge in [0.2, 0.25) is 0 Å². The summed E-state index contributed by atoms with van der Waals surface area (Å²) in [5, 5.41) is 0. The summed E-state index contributed by atoms with van der Waals surface area (Å²) in [6.45, 7) is 6.66. The van der Waals surface area contributed by atoms with Gasteiger partial charge in [-0.25, -0.2) is 9.97 Å². The van der Waals surface area contributed by atoms with Gasteiger partial charge in [0.15, 0.2) is 0 Å². The summed E-state index contributed by atoms with van der Waals surface area (Å²) in [7, 11) is 0. The van der Waals surface area contributed by atoms with Crippen molar-refractivity contribution in [3.8, 4) is 11.3 Å². The molecule has 1 aromatic carbocycles. The Morgan fingerprint density at radius 2 is 1.85 bits per heavy atom. The second-order valence-electron chi connectivity index (χ2n) is 5.15. The third-order valence-corrected chi connectivity index (χ3v) is 3.69. The first-order valence-corrected chi connectivity index (χ1v) is 6.72. The molecular formula is C16H18N4. The summed E-state index contributed by atoms with van der Waals surface area (Å²) in [5.41, 5.74) is 12.1. The van der Waals surface area contributed by atoms with Crippen LogP contribution in [0.25, 0.3) is 16.9 Å². The van der Waals surface area contributed by atoms with Gasteiger partial charge in [0.1, 0.15) is 11.5 Å². The van der Waals surface area contributed by atoms with Crippen molar-refractivity contribution >= 4 is 5.65 Å². The number of nitrogens with zero attached hydrogens (tertiary/aromatic N) is 3. The van der Waals surface area contributed by atoms with Gasteiger partial charge in [-0.1, -0.05) is 12.1 Å². The molecular weight excluding hydrogens is 248 g/mol. The molecule has 0 unspecified atom stereocenters. The fraction of sp³-hybridized carbons (Fsp3) is 0.250. The summed E-state index contributed by atoms with van der Waals surface area (Å²) < 4.78 is 1.98. The molecule has 3 rings (SSSR count). The zero-order chi connectivity index (χ0) is 14.3. The van der Waals surface area contributed by atoms with E-state index in [1.54, 1.807) is 0 Å². The molecule has 2 heterocycles. The molecule has 0 amide bonds. The summed E-state index contributed by atoms with van der Waals surface area (Å²) in [6.07, 6.45) is 1.95. The molecule has 20 heavy (non-hydrogen) atoms. The molecule has 0 fully saturated rings. The number of aryl methyl sites for hydroxylation is 3. The fourth-order valence-electron chi connectivity index (χ4n) is 2.34. The fourth-order valence-corrected chi connectivity index (χ4v) is 2.34. The number of rotatable bonds is 2. The topological polar surface area (TPSA) is 56.2 Å². The first-order chi connectivity index (χ1) is 9.58. The number of imidazole rings is 1. The number of fused-ring (bicyclic) bond motifs is 1. The van der Waals surface area contributed by atoms with Gasteiger partial charge in [0, 0.05) is 24.4 Å². The lowest BCUT2D eigenvalue weighted by atomic mass is 10.0. The van der Waals surface area contributed by atoms with Gasteiger partial charge in [0.05, 0.1) is 11.4 Å². The Hall–Kier alpha value is -2.20. The smallest absolute Gasteiger partial charge is 0.140 e. The van der Waals surface area contributed by atoms with Crippen LogP contribution >= 0.6 is 0 Å². The summed E-state index contributed by atoms with van der Waals surface area (Å²) in [5.74, 6) is 0.919. The molecule has 0 aliphatic rings.